The van der Waals surface area contributed by atoms with Crippen molar-refractivity contribution in [2.75, 3.05) is 5.32 Å². The normalized spacial score (nSPS) is 30.7. The van der Waals surface area contributed by atoms with Gasteiger partial charge in [-0.15, -0.1) is 0 Å². The van der Waals surface area contributed by atoms with Crippen LogP contribution in [-0.4, -0.2) is 20.4 Å². The fourth-order valence-corrected chi connectivity index (χ4v) is 6.65. The fraction of sp³-hybridized carbons (Fsp3) is 0.565. The van der Waals surface area contributed by atoms with Crippen LogP contribution in [0.2, 0.25) is 0 Å². The van der Waals surface area contributed by atoms with Crippen LogP contribution in [0.25, 0.3) is 0 Å². The van der Waals surface area contributed by atoms with Gasteiger partial charge in [0, 0.05) is 30.0 Å². The maximum absolute atomic E-state index is 13.3. The van der Waals surface area contributed by atoms with E-state index in [-0.39, 0.29) is 11.0 Å². The monoisotopic (exact) mass is 403 g/mol. The Morgan fingerprint density at radius 2 is 1.77 bits per heavy atom. The van der Waals surface area contributed by atoms with Crippen molar-refractivity contribution in [1.29, 1.82) is 0 Å². The molecule has 7 nitrogen and oxygen atoms in total. The molecule has 155 valence electrons. The van der Waals surface area contributed by atoms with Crippen LogP contribution in [0.5, 0.6) is 0 Å². The molecule has 2 aromatic heterocycles. The molecule has 0 spiro atoms. The van der Waals surface area contributed by atoms with Crippen molar-refractivity contribution < 1.29 is 0 Å². The van der Waals surface area contributed by atoms with Crippen molar-refractivity contribution in [2.45, 2.75) is 58.4 Å². The molecular weight excluding hydrogens is 376 g/mol. The molecule has 0 atom stereocenters. The molecule has 7 rings (SSSR count). The predicted octanol–water partition coefficient (Wildman–Crippen LogP) is 4.29. The van der Waals surface area contributed by atoms with Gasteiger partial charge in [-0.05, 0) is 74.8 Å². The third kappa shape index (κ3) is 2.78. The number of amidine groups is 1. The first kappa shape index (κ1) is 18.1. The summed E-state index contributed by atoms with van der Waals surface area (Å²) in [7, 11) is 0. The van der Waals surface area contributed by atoms with E-state index in [1.807, 2.05) is 12.1 Å². The van der Waals surface area contributed by atoms with Crippen LogP contribution in [0.4, 0.5) is 23.1 Å². The number of fused-ring (bicyclic) bond motifs is 1. The number of hydrogen-bond acceptors (Lipinski definition) is 5. The second-order valence-electron chi connectivity index (χ2n) is 9.67. The summed E-state index contributed by atoms with van der Waals surface area (Å²) in [4.78, 5) is 27.0. The quantitative estimate of drug-likeness (QED) is 0.807. The van der Waals surface area contributed by atoms with Gasteiger partial charge in [0.25, 0.3) is 5.56 Å². The first-order chi connectivity index (χ1) is 14.6. The highest BCUT2D eigenvalue weighted by molar-refractivity contribution is 5.99. The first-order valence-electron chi connectivity index (χ1n) is 11.3. The maximum atomic E-state index is 13.3. The van der Waals surface area contributed by atoms with E-state index in [0.717, 1.165) is 35.7 Å². The summed E-state index contributed by atoms with van der Waals surface area (Å²) in [5, 5.41) is 8.13. The molecule has 2 aromatic rings. The summed E-state index contributed by atoms with van der Waals surface area (Å²) in [6.07, 6.45) is 12.0. The zero-order chi connectivity index (χ0) is 20.3. The lowest BCUT2D eigenvalue weighted by Gasteiger charge is -2.56. The summed E-state index contributed by atoms with van der Waals surface area (Å²) in [6, 6.07) is 3.73. The highest BCUT2D eigenvalue weighted by atomic mass is 16.1. The number of aliphatic imine (C=N–C) groups is 1. The van der Waals surface area contributed by atoms with E-state index >= 15 is 0 Å². The number of pyridine rings is 1. The first-order valence-corrected chi connectivity index (χ1v) is 11.3. The average molecular weight is 404 g/mol. The minimum atomic E-state index is -0.0955. The predicted molar refractivity (Wildman–Crippen MR) is 116 cm³/mol. The number of anilines is 2. The van der Waals surface area contributed by atoms with Gasteiger partial charge in [-0.25, -0.2) is 10.3 Å². The highest BCUT2D eigenvalue weighted by Gasteiger charge is 2.55. The van der Waals surface area contributed by atoms with E-state index in [0.29, 0.717) is 24.0 Å². The Bertz CT molecular complexity index is 1040. The standard InChI is InChI=1S/C23H27N6O/c1-2-7-29-20(30)18-19(28-22(29)25-17-3-5-24-6-4-17)27-21(26-18)23-11-14-8-15(12-23)10-16(9-14)13-23/h3-6,14-16H,2,7-13H2,1H3,(H,24,25,28). The molecule has 7 heteroatoms. The fourth-order valence-electron chi connectivity index (χ4n) is 6.65. The van der Waals surface area contributed by atoms with E-state index in [1.54, 1.807) is 17.0 Å². The number of nitrogens with one attached hydrogen (secondary N) is 1. The Morgan fingerprint density at radius 1 is 1.10 bits per heavy atom. The van der Waals surface area contributed by atoms with Crippen LogP contribution in [-0.2, 0) is 6.54 Å². The minimum Gasteiger partial charge on any atom is -0.325 e. The number of hydrogen-bond donors (Lipinski definition) is 1. The zero-order valence-corrected chi connectivity index (χ0v) is 17.3. The largest absolute Gasteiger partial charge is 0.325 e. The third-order valence-electron chi connectivity index (χ3n) is 7.45. The summed E-state index contributed by atoms with van der Waals surface area (Å²) < 4.78 is 1.70. The van der Waals surface area contributed by atoms with Gasteiger partial charge in [-0.3, -0.25) is 14.3 Å². The molecule has 0 aromatic carbocycles. The van der Waals surface area contributed by atoms with Gasteiger partial charge >= 0.3 is 0 Å². The average Bonchev–Trinajstić information content (AvgIpc) is 3.16. The van der Waals surface area contributed by atoms with Crippen molar-refractivity contribution >= 4 is 29.0 Å². The topological polar surface area (TPSA) is 86.3 Å². The molecule has 3 heterocycles. The van der Waals surface area contributed by atoms with E-state index in [1.165, 1.54) is 38.5 Å². The lowest BCUT2D eigenvalue weighted by Crippen LogP contribution is -2.51. The number of aromatic nitrogens is 3. The molecule has 5 aliphatic rings. The Labute approximate surface area is 176 Å². The smallest absolute Gasteiger partial charge is 0.283 e. The van der Waals surface area contributed by atoms with Gasteiger partial charge < -0.3 is 5.32 Å². The Kier molecular flexibility index (Phi) is 4.01. The second kappa shape index (κ2) is 6.65. The van der Waals surface area contributed by atoms with Crippen molar-refractivity contribution in [3.63, 3.8) is 0 Å². The Morgan fingerprint density at radius 3 is 2.40 bits per heavy atom. The van der Waals surface area contributed by atoms with Crippen LogP contribution < -0.4 is 16.2 Å². The van der Waals surface area contributed by atoms with Gasteiger partial charge in [0.2, 0.25) is 5.95 Å². The molecule has 0 unspecified atom stereocenters. The van der Waals surface area contributed by atoms with Crippen molar-refractivity contribution in [2.24, 2.45) is 28.2 Å². The zero-order valence-electron chi connectivity index (χ0n) is 17.3. The molecule has 4 bridgehead atoms. The van der Waals surface area contributed by atoms with E-state index < -0.39 is 0 Å². The molecule has 0 amide bonds. The number of nitrogens with zero attached hydrogens (tertiary/aromatic N) is 5. The van der Waals surface area contributed by atoms with Gasteiger partial charge in [0.15, 0.2) is 11.5 Å². The third-order valence-corrected chi connectivity index (χ3v) is 7.45. The van der Waals surface area contributed by atoms with Crippen LogP contribution in [0.1, 0.15) is 51.9 Å². The van der Waals surface area contributed by atoms with Crippen LogP contribution in [0.3, 0.4) is 0 Å². The molecular formula is C23H27N6O. The maximum Gasteiger partial charge on any atom is 0.283 e. The van der Waals surface area contributed by atoms with Gasteiger partial charge in [0.1, 0.15) is 5.84 Å². The summed E-state index contributed by atoms with van der Waals surface area (Å²) >= 11 is 0. The summed E-state index contributed by atoms with van der Waals surface area (Å²) in [5.41, 5.74) is 1.24. The molecule has 4 aliphatic carbocycles. The Hall–Kier alpha value is -2.70. The van der Waals surface area contributed by atoms with Gasteiger partial charge in [0.05, 0.1) is 0 Å². The van der Waals surface area contributed by atoms with Crippen molar-refractivity contribution in [3.05, 3.63) is 34.9 Å². The van der Waals surface area contributed by atoms with E-state index in [9.17, 15) is 4.79 Å². The molecule has 1 aliphatic heterocycles. The molecule has 4 saturated carbocycles. The van der Waals surface area contributed by atoms with Crippen LogP contribution in [0, 0.1) is 23.2 Å². The molecule has 30 heavy (non-hydrogen) atoms. The summed E-state index contributed by atoms with van der Waals surface area (Å²) in [5.74, 6) is 4.32. The minimum absolute atomic E-state index is 0.0656. The van der Waals surface area contributed by atoms with E-state index in [2.05, 4.69) is 17.2 Å². The van der Waals surface area contributed by atoms with Crippen molar-refractivity contribution in [1.82, 2.24) is 19.9 Å². The summed E-state index contributed by atoms with van der Waals surface area (Å²) in [6.45, 7) is 2.65. The Balaban J connectivity index is 1.38. The molecule has 1 radical (unpaired) electrons. The van der Waals surface area contributed by atoms with Gasteiger partial charge in [-0.2, -0.15) is 4.98 Å². The van der Waals surface area contributed by atoms with Gasteiger partial charge in [-0.1, -0.05) is 6.92 Å². The highest BCUT2D eigenvalue weighted by Crippen LogP contribution is 2.61. The molecule has 1 N–H and O–H groups in total. The van der Waals surface area contributed by atoms with E-state index in [4.69, 9.17) is 15.3 Å². The lowest BCUT2D eigenvalue weighted by atomic mass is 9.49. The second-order valence-corrected chi connectivity index (χ2v) is 9.67. The van der Waals surface area contributed by atoms with Crippen LogP contribution in [0.15, 0.2) is 34.3 Å². The van der Waals surface area contributed by atoms with Crippen LogP contribution >= 0.6 is 0 Å². The van der Waals surface area contributed by atoms with Crippen molar-refractivity contribution in [3.8, 4) is 0 Å². The lowest BCUT2D eigenvalue weighted by molar-refractivity contribution is -0.0135. The SMILES string of the molecule is CCCn1c(Nc2ccncc2)nc2c(c1=O)[N]C(C13CC4CC(CC(C4)C1)C3)=N2. The number of rotatable bonds is 5. The molecule has 4 fully saturated rings. The molecule has 0 saturated heterocycles.